The van der Waals surface area contributed by atoms with Gasteiger partial charge in [-0.25, -0.2) is 13.2 Å². The molecule has 19 heavy (non-hydrogen) atoms. The van der Waals surface area contributed by atoms with Gasteiger partial charge in [-0.2, -0.15) is 0 Å². The molecule has 0 saturated heterocycles. The first-order chi connectivity index (χ1) is 8.91. The van der Waals surface area contributed by atoms with Crippen LogP contribution in [-0.2, 0) is 0 Å². The van der Waals surface area contributed by atoms with E-state index in [4.69, 9.17) is 5.73 Å². The Morgan fingerprint density at radius 3 is 2.26 bits per heavy atom. The fraction of sp³-hybridized carbons (Fsp3) is 0.0769. The number of nitrogens with two attached hydrogens (primary N) is 1. The minimum Gasteiger partial charge on any atom is -0.320 e. The normalized spacial score (nSPS) is 12.5. The summed E-state index contributed by atoms with van der Waals surface area (Å²) in [4.78, 5) is 0. The maximum atomic E-state index is 13.9. The highest BCUT2D eigenvalue weighted by Crippen LogP contribution is 2.30. The van der Waals surface area contributed by atoms with Crippen molar-refractivity contribution in [1.82, 2.24) is 0 Å². The molecular weight excluding hydrogens is 387 g/mol. The Hall–Kier alpha value is -0.850. The zero-order valence-corrected chi connectivity index (χ0v) is 12.6. The molecule has 0 spiro atoms. The van der Waals surface area contributed by atoms with Gasteiger partial charge in [-0.05, 0) is 50.1 Å². The molecule has 2 aromatic carbocycles. The van der Waals surface area contributed by atoms with E-state index in [1.165, 1.54) is 12.1 Å². The van der Waals surface area contributed by atoms with Crippen LogP contribution in [-0.4, -0.2) is 0 Å². The summed E-state index contributed by atoms with van der Waals surface area (Å²) < 4.78 is 41.3. The predicted molar refractivity (Wildman–Crippen MR) is 74.2 cm³/mol. The maximum Gasteiger partial charge on any atom is 0.142 e. The van der Waals surface area contributed by atoms with Gasteiger partial charge in [-0.15, -0.1) is 0 Å². The molecule has 0 aliphatic carbocycles. The lowest BCUT2D eigenvalue weighted by molar-refractivity contribution is 0.558. The molecule has 0 amide bonds. The van der Waals surface area contributed by atoms with Crippen LogP contribution in [0, 0.1) is 17.5 Å². The lowest BCUT2D eigenvalue weighted by Gasteiger charge is -2.15. The van der Waals surface area contributed by atoms with Crippen LogP contribution in [0.15, 0.2) is 39.3 Å². The molecule has 0 aliphatic heterocycles. The molecular formula is C13H8Br2F3N. The molecule has 0 aliphatic rings. The second kappa shape index (κ2) is 5.64. The number of hydrogen-bond acceptors (Lipinski definition) is 1. The third-order valence-electron chi connectivity index (χ3n) is 2.69. The Kier molecular flexibility index (Phi) is 4.32. The highest BCUT2D eigenvalue weighted by Gasteiger charge is 2.20. The molecule has 0 aromatic heterocycles. The first kappa shape index (κ1) is 14.6. The minimum absolute atomic E-state index is 0.00401. The van der Waals surface area contributed by atoms with E-state index in [1.54, 1.807) is 6.07 Å². The lowest BCUT2D eigenvalue weighted by atomic mass is 9.98. The van der Waals surface area contributed by atoms with E-state index in [2.05, 4.69) is 31.9 Å². The van der Waals surface area contributed by atoms with Gasteiger partial charge in [0, 0.05) is 11.1 Å². The molecule has 6 heteroatoms. The summed E-state index contributed by atoms with van der Waals surface area (Å²) >= 11 is 5.90. The highest BCUT2D eigenvalue weighted by atomic mass is 79.9. The zero-order valence-electron chi connectivity index (χ0n) is 9.43. The monoisotopic (exact) mass is 393 g/mol. The molecule has 1 nitrogen and oxygen atoms in total. The first-order valence-corrected chi connectivity index (χ1v) is 6.84. The first-order valence-electron chi connectivity index (χ1n) is 5.25. The van der Waals surface area contributed by atoms with E-state index in [9.17, 15) is 13.2 Å². The van der Waals surface area contributed by atoms with Crippen LogP contribution in [0.4, 0.5) is 13.2 Å². The Morgan fingerprint density at radius 2 is 1.58 bits per heavy atom. The van der Waals surface area contributed by atoms with Crippen LogP contribution in [0.1, 0.15) is 17.2 Å². The predicted octanol–water partition coefficient (Wildman–Crippen LogP) is 4.68. The third kappa shape index (κ3) is 2.85. The smallest absolute Gasteiger partial charge is 0.142 e. The fourth-order valence-electron chi connectivity index (χ4n) is 1.70. The van der Waals surface area contributed by atoms with Crippen molar-refractivity contribution in [2.24, 2.45) is 5.73 Å². The number of hydrogen-bond donors (Lipinski definition) is 1. The van der Waals surface area contributed by atoms with Gasteiger partial charge in [0.1, 0.15) is 17.5 Å². The van der Waals surface area contributed by atoms with Crippen molar-refractivity contribution in [2.75, 3.05) is 0 Å². The van der Waals surface area contributed by atoms with E-state index in [-0.39, 0.29) is 20.1 Å². The average Bonchev–Trinajstić information content (AvgIpc) is 2.36. The summed E-state index contributed by atoms with van der Waals surface area (Å²) in [7, 11) is 0. The van der Waals surface area contributed by atoms with Crippen LogP contribution in [0.2, 0.25) is 0 Å². The Labute approximate surface area is 124 Å². The summed E-state index contributed by atoms with van der Waals surface area (Å²) in [6, 6.07) is 5.37. The summed E-state index contributed by atoms with van der Waals surface area (Å²) in [5, 5.41) is 0. The zero-order chi connectivity index (χ0) is 14.2. The molecule has 0 bridgehead atoms. The molecule has 2 aromatic rings. The lowest BCUT2D eigenvalue weighted by Crippen LogP contribution is -2.16. The van der Waals surface area contributed by atoms with Crippen LogP contribution in [0.3, 0.4) is 0 Å². The second-order valence-electron chi connectivity index (χ2n) is 3.91. The molecule has 2 rings (SSSR count). The number of benzene rings is 2. The van der Waals surface area contributed by atoms with Crippen molar-refractivity contribution in [2.45, 2.75) is 6.04 Å². The second-order valence-corrected chi connectivity index (χ2v) is 5.62. The van der Waals surface area contributed by atoms with Gasteiger partial charge < -0.3 is 5.73 Å². The van der Waals surface area contributed by atoms with Crippen LogP contribution >= 0.6 is 31.9 Å². The van der Waals surface area contributed by atoms with E-state index in [0.29, 0.717) is 0 Å². The van der Waals surface area contributed by atoms with Crippen LogP contribution in [0.25, 0.3) is 0 Å². The van der Waals surface area contributed by atoms with E-state index < -0.39 is 23.5 Å². The van der Waals surface area contributed by atoms with Gasteiger partial charge in [0.25, 0.3) is 0 Å². The van der Waals surface area contributed by atoms with Crippen LogP contribution < -0.4 is 5.73 Å². The molecule has 1 unspecified atom stereocenters. The molecule has 100 valence electrons. The van der Waals surface area contributed by atoms with Crippen molar-refractivity contribution in [3.8, 4) is 0 Å². The van der Waals surface area contributed by atoms with Gasteiger partial charge >= 0.3 is 0 Å². The summed E-state index contributed by atoms with van der Waals surface area (Å²) in [6.07, 6.45) is 0. The standard InChI is InChI=1S/C13H8Br2F3N/c14-8-3-1-2-6(12(8)18)13(19)7-4-11(17)9(15)5-10(7)16/h1-5,13H,19H2. The van der Waals surface area contributed by atoms with Gasteiger partial charge in [-0.3, -0.25) is 0 Å². The molecule has 0 radical (unpaired) electrons. The van der Waals surface area contributed by atoms with Crippen molar-refractivity contribution in [3.05, 3.63) is 67.9 Å². The Bertz CT molecular complexity index is 632. The summed E-state index contributed by atoms with van der Waals surface area (Å²) in [5.74, 6) is -1.93. The van der Waals surface area contributed by atoms with Gasteiger partial charge in [0.2, 0.25) is 0 Å². The van der Waals surface area contributed by atoms with E-state index >= 15 is 0 Å². The minimum atomic E-state index is -1.08. The van der Waals surface area contributed by atoms with Crippen molar-refractivity contribution in [1.29, 1.82) is 0 Å². The van der Waals surface area contributed by atoms with Gasteiger partial charge in [0.05, 0.1) is 15.0 Å². The molecule has 0 fully saturated rings. The molecule has 2 N–H and O–H groups in total. The van der Waals surface area contributed by atoms with Crippen LogP contribution in [0.5, 0.6) is 0 Å². The quantitative estimate of drug-likeness (QED) is 0.735. The third-order valence-corrected chi connectivity index (χ3v) is 3.91. The largest absolute Gasteiger partial charge is 0.320 e. The SMILES string of the molecule is NC(c1cc(F)c(Br)cc1F)c1cccc(Br)c1F. The van der Waals surface area contributed by atoms with Gasteiger partial charge in [-0.1, -0.05) is 12.1 Å². The number of rotatable bonds is 2. The molecule has 0 heterocycles. The van der Waals surface area contributed by atoms with Crippen molar-refractivity contribution in [3.63, 3.8) is 0 Å². The van der Waals surface area contributed by atoms with E-state index in [0.717, 1.165) is 12.1 Å². The highest BCUT2D eigenvalue weighted by molar-refractivity contribution is 9.10. The molecule has 0 saturated carbocycles. The topological polar surface area (TPSA) is 26.0 Å². The van der Waals surface area contributed by atoms with E-state index in [1.807, 2.05) is 0 Å². The maximum absolute atomic E-state index is 13.9. The van der Waals surface area contributed by atoms with Gasteiger partial charge in [0.15, 0.2) is 0 Å². The van der Waals surface area contributed by atoms with Crippen molar-refractivity contribution >= 4 is 31.9 Å². The Balaban J connectivity index is 2.53. The Morgan fingerprint density at radius 1 is 0.895 bits per heavy atom. The number of halogens is 5. The molecule has 1 atom stereocenters. The average molecular weight is 395 g/mol. The summed E-state index contributed by atoms with van der Waals surface area (Å²) in [5.41, 5.74) is 5.82. The summed E-state index contributed by atoms with van der Waals surface area (Å²) in [6.45, 7) is 0. The van der Waals surface area contributed by atoms with Crippen molar-refractivity contribution < 1.29 is 13.2 Å². The fourth-order valence-corrected chi connectivity index (χ4v) is 2.40.